The molecule has 1 aliphatic heterocycles. The molecule has 2 atom stereocenters. The molecule has 0 spiro atoms. The summed E-state index contributed by atoms with van der Waals surface area (Å²) in [7, 11) is 0. The predicted molar refractivity (Wildman–Crippen MR) is 76.8 cm³/mol. The topological polar surface area (TPSA) is 34.1 Å². The second-order valence-electron chi connectivity index (χ2n) is 5.33. The highest BCUT2D eigenvalue weighted by Gasteiger charge is 2.28. The number of aromatic nitrogens is 1. The molecule has 0 radical (unpaired) electrons. The lowest BCUT2D eigenvalue weighted by Crippen LogP contribution is -2.42. The van der Waals surface area contributed by atoms with Gasteiger partial charge < -0.3 is 10.1 Å². The summed E-state index contributed by atoms with van der Waals surface area (Å²) in [6.45, 7) is 4.74. The number of allylic oxidation sites excluding steroid dienone is 1. The number of hydrogen-bond acceptors (Lipinski definition) is 3. The van der Waals surface area contributed by atoms with Gasteiger partial charge in [-0.2, -0.15) is 0 Å². The van der Waals surface area contributed by atoms with Gasteiger partial charge in [-0.15, -0.1) is 0 Å². The van der Waals surface area contributed by atoms with Crippen molar-refractivity contribution in [3.8, 4) is 5.75 Å². The van der Waals surface area contributed by atoms with Gasteiger partial charge in [-0.25, -0.2) is 0 Å². The maximum absolute atomic E-state index is 5.30. The third kappa shape index (κ3) is 2.71. The first-order chi connectivity index (χ1) is 9.36. The van der Waals surface area contributed by atoms with Gasteiger partial charge in [0.25, 0.3) is 0 Å². The number of ether oxygens (including phenoxy) is 1. The third-order valence-electron chi connectivity index (χ3n) is 4.14. The van der Waals surface area contributed by atoms with E-state index in [0.717, 1.165) is 24.6 Å². The van der Waals surface area contributed by atoms with Gasteiger partial charge >= 0.3 is 0 Å². The number of pyridine rings is 1. The van der Waals surface area contributed by atoms with Gasteiger partial charge in [0, 0.05) is 12.2 Å². The van der Waals surface area contributed by atoms with Crippen LogP contribution in [0.5, 0.6) is 5.75 Å². The lowest BCUT2D eigenvalue weighted by molar-refractivity contribution is 0.278. The zero-order valence-corrected chi connectivity index (χ0v) is 11.1. The maximum Gasteiger partial charge on any atom is 0.145 e. The van der Waals surface area contributed by atoms with Crippen LogP contribution in [-0.4, -0.2) is 17.6 Å². The normalized spacial score (nSPS) is 26.2. The standard InChI is InChI=1S/C16H20N2O/c1-2-19-15-8-14(10-17-11-15)13-6-5-12-4-3-7-18-16(12)9-13/h2,6,8,10-12,16,18H,1,3-5,7,9H2/t12-,16+/m0/s1. The minimum Gasteiger partial charge on any atom is -0.464 e. The average molecular weight is 256 g/mol. The van der Waals surface area contributed by atoms with Crippen LogP contribution in [0.1, 0.15) is 31.2 Å². The molecule has 3 heteroatoms. The summed E-state index contributed by atoms with van der Waals surface area (Å²) in [5.74, 6) is 1.57. The highest BCUT2D eigenvalue weighted by Crippen LogP contribution is 2.35. The Balaban J connectivity index is 1.80. The van der Waals surface area contributed by atoms with Crippen molar-refractivity contribution in [2.45, 2.75) is 31.7 Å². The Morgan fingerprint density at radius 2 is 2.37 bits per heavy atom. The van der Waals surface area contributed by atoms with Crippen LogP contribution in [0.4, 0.5) is 0 Å². The first kappa shape index (κ1) is 12.4. The molecule has 3 nitrogen and oxygen atoms in total. The Morgan fingerprint density at radius 3 is 3.26 bits per heavy atom. The predicted octanol–water partition coefficient (Wildman–Crippen LogP) is 3.15. The second kappa shape index (κ2) is 5.57. The molecular weight excluding hydrogens is 236 g/mol. The largest absolute Gasteiger partial charge is 0.464 e. The first-order valence-corrected chi connectivity index (χ1v) is 7.02. The Kier molecular flexibility index (Phi) is 3.65. The lowest BCUT2D eigenvalue weighted by atomic mass is 9.78. The summed E-state index contributed by atoms with van der Waals surface area (Å²) in [6, 6.07) is 2.68. The van der Waals surface area contributed by atoms with Crippen molar-refractivity contribution in [1.29, 1.82) is 0 Å². The molecular formula is C16H20N2O. The van der Waals surface area contributed by atoms with Crippen molar-refractivity contribution in [1.82, 2.24) is 10.3 Å². The van der Waals surface area contributed by atoms with Crippen molar-refractivity contribution >= 4 is 5.57 Å². The molecule has 1 saturated heterocycles. The van der Waals surface area contributed by atoms with Gasteiger partial charge in [0.1, 0.15) is 5.75 Å². The van der Waals surface area contributed by atoms with Gasteiger partial charge in [-0.3, -0.25) is 4.98 Å². The molecule has 1 aromatic rings. The molecule has 1 N–H and O–H groups in total. The van der Waals surface area contributed by atoms with Crippen molar-refractivity contribution in [2.24, 2.45) is 5.92 Å². The van der Waals surface area contributed by atoms with E-state index in [2.05, 4.69) is 23.0 Å². The van der Waals surface area contributed by atoms with Gasteiger partial charge in [-0.05, 0) is 55.3 Å². The number of piperidine rings is 1. The van der Waals surface area contributed by atoms with E-state index in [9.17, 15) is 0 Å². The van der Waals surface area contributed by atoms with E-state index in [1.54, 1.807) is 6.20 Å². The first-order valence-electron chi connectivity index (χ1n) is 7.02. The molecule has 2 heterocycles. The molecule has 19 heavy (non-hydrogen) atoms. The quantitative estimate of drug-likeness (QED) is 0.844. The molecule has 100 valence electrons. The van der Waals surface area contributed by atoms with Gasteiger partial charge in [-0.1, -0.05) is 12.7 Å². The summed E-state index contributed by atoms with van der Waals surface area (Å²) in [5, 5.41) is 3.65. The van der Waals surface area contributed by atoms with Crippen LogP contribution < -0.4 is 10.1 Å². The van der Waals surface area contributed by atoms with E-state index in [-0.39, 0.29) is 0 Å². The Morgan fingerprint density at radius 1 is 1.42 bits per heavy atom. The Labute approximate surface area is 114 Å². The highest BCUT2D eigenvalue weighted by atomic mass is 16.5. The fourth-order valence-corrected chi connectivity index (χ4v) is 3.15. The minimum absolute atomic E-state index is 0.637. The van der Waals surface area contributed by atoms with E-state index >= 15 is 0 Å². The molecule has 2 aliphatic rings. The molecule has 1 aromatic heterocycles. The zero-order valence-electron chi connectivity index (χ0n) is 11.1. The van der Waals surface area contributed by atoms with Gasteiger partial charge in [0.2, 0.25) is 0 Å². The summed E-state index contributed by atoms with van der Waals surface area (Å²) >= 11 is 0. The fraction of sp³-hybridized carbons (Fsp3) is 0.438. The molecule has 1 aliphatic carbocycles. The average Bonchev–Trinajstić information content (AvgIpc) is 2.47. The SMILES string of the molecule is C=COc1cncc(C2=CC[C@@H]3CCCN[C@@H]3C2)c1. The van der Waals surface area contributed by atoms with Crippen molar-refractivity contribution in [2.75, 3.05) is 6.54 Å². The molecule has 0 saturated carbocycles. The third-order valence-corrected chi connectivity index (χ3v) is 4.14. The fourth-order valence-electron chi connectivity index (χ4n) is 3.15. The van der Waals surface area contributed by atoms with Crippen LogP contribution in [0.3, 0.4) is 0 Å². The smallest absolute Gasteiger partial charge is 0.145 e. The molecule has 0 amide bonds. The van der Waals surface area contributed by atoms with E-state index < -0.39 is 0 Å². The van der Waals surface area contributed by atoms with Gasteiger partial charge in [0.15, 0.2) is 0 Å². The molecule has 3 rings (SSSR count). The zero-order chi connectivity index (χ0) is 13.1. The number of rotatable bonds is 3. The Bertz CT molecular complexity index is 495. The summed E-state index contributed by atoms with van der Waals surface area (Å²) < 4.78 is 5.30. The lowest BCUT2D eigenvalue weighted by Gasteiger charge is -2.36. The summed E-state index contributed by atoms with van der Waals surface area (Å²) in [6.07, 6.45) is 12.4. The summed E-state index contributed by atoms with van der Waals surface area (Å²) in [5.41, 5.74) is 2.56. The number of nitrogens with one attached hydrogen (secondary N) is 1. The van der Waals surface area contributed by atoms with E-state index in [1.165, 1.54) is 36.7 Å². The van der Waals surface area contributed by atoms with Crippen LogP contribution in [0.15, 0.2) is 37.4 Å². The van der Waals surface area contributed by atoms with Crippen molar-refractivity contribution in [3.05, 3.63) is 42.9 Å². The van der Waals surface area contributed by atoms with Crippen LogP contribution in [0.25, 0.3) is 5.57 Å². The number of nitrogens with zero attached hydrogens (tertiary/aromatic N) is 1. The molecule has 0 unspecified atom stereocenters. The molecule has 1 fully saturated rings. The monoisotopic (exact) mass is 256 g/mol. The van der Waals surface area contributed by atoms with Crippen molar-refractivity contribution < 1.29 is 4.74 Å². The van der Waals surface area contributed by atoms with Crippen molar-refractivity contribution in [3.63, 3.8) is 0 Å². The summed E-state index contributed by atoms with van der Waals surface area (Å²) in [4.78, 5) is 4.25. The van der Waals surface area contributed by atoms with Crippen LogP contribution in [0, 0.1) is 5.92 Å². The van der Waals surface area contributed by atoms with E-state index in [0.29, 0.717) is 6.04 Å². The minimum atomic E-state index is 0.637. The van der Waals surface area contributed by atoms with Crippen LogP contribution in [0.2, 0.25) is 0 Å². The highest BCUT2D eigenvalue weighted by molar-refractivity contribution is 5.67. The Hall–Kier alpha value is -1.61. The second-order valence-corrected chi connectivity index (χ2v) is 5.33. The molecule has 0 aromatic carbocycles. The van der Waals surface area contributed by atoms with Crippen LogP contribution >= 0.6 is 0 Å². The number of hydrogen-bond donors (Lipinski definition) is 1. The van der Waals surface area contributed by atoms with E-state index in [1.807, 2.05) is 12.3 Å². The molecule has 0 bridgehead atoms. The van der Waals surface area contributed by atoms with E-state index in [4.69, 9.17) is 4.74 Å². The maximum atomic E-state index is 5.30. The number of fused-ring (bicyclic) bond motifs is 1. The van der Waals surface area contributed by atoms with Crippen LogP contribution in [-0.2, 0) is 0 Å². The van der Waals surface area contributed by atoms with Gasteiger partial charge in [0.05, 0.1) is 12.5 Å².